The topological polar surface area (TPSA) is 146 Å². The first kappa shape index (κ1) is 26.2. The van der Waals surface area contributed by atoms with Crippen LogP contribution in [-0.4, -0.2) is 73.7 Å². The molecule has 1 unspecified atom stereocenters. The summed E-state index contributed by atoms with van der Waals surface area (Å²) in [5.74, 6) is -1.25. The second-order valence-electron chi connectivity index (χ2n) is 7.70. The zero-order chi connectivity index (χ0) is 25.6. The minimum atomic E-state index is -4.10. The Bertz CT molecular complexity index is 1190. The molecule has 1 aliphatic rings. The number of hydrogen-bond donors (Lipinski definition) is 2. The van der Waals surface area contributed by atoms with E-state index in [1.165, 1.54) is 41.4 Å². The lowest BCUT2D eigenvalue weighted by Gasteiger charge is -2.42. The molecule has 2 amide bonds. The fourth-order valence-electron chi connectivity index (χ4n) is 3.67. The van der Waals surface area contributed by atoms with Crippen LogP contribution in [0.5, 0.6) is 0 Å². The Morgan fingerprint density at radius 3 is 2.57 bits per heavy atom. The molecule has 2 aromatic rings. The number of urea groups is 1. The van der Waals surface area contributed by atoms with Gasteiger partial charge in [0.2, 0.25) is 0 Å². The maximum absolute atomic E-state index is 12.9. The summed E-state index contributed by atoms with van der Waals surface area (Å²) < 4.78 is 32.2. The number of amides is 2. The van der Waals surface area contributed by atoms with Crippen molar-refractivity contribution in [2.24, 2.45) is 0 Å². The third-order valence-electron chi connectivity index (χ3n) is 5.34. The molecule has 0 radical (unpaired) electrons. The van der Waals surface area contributed by atoms with Gasteiger partial charge in [-0.3, -0.25) is 4.79 Å². The number of piperazine rings is 1. The minimum Gasteiger partial charge on any atom is -0.481 e. The van der Waals surface area contributed by atoms with Crippen molar-refractivity contribution in [2.75, 3.05) is 31.1 Å². The molecule has 0 bridgehead atoms. The van der Waals surface area contributed by atoms with Crippen LogP contribution >= 0.6 is 11.6 Å². The van der Waals surface area contributed by atoms with Gasteiger partial charge in [-0.2, -0.15) is 0 Å². The van der Waals surface area contributed by atoms with Gasteiger partial charge in [0, 0.05) is 32.3 Å². The number of anilines is 1. The standard InChI is InChI=1S/C22H25ClN4O7S/c1-2-34-21(30)15-12-18(23)20(24-13-15)26-10-11-27(16(14-26)8-9-19(28)29)22(31)25-35(32,33)17-6-4-3-5-7-17/h3-7,12-13,16H,2,8-11,14H2,1H3,(H,25,31)(H,28,29). The molecule has 0 aliphatic carbocycles. The number of aliphatic carboxylic acids is 1. The molecule has 35 heavy (non-hydrogen) atoms. The highest BCUT2D eigenvalue weighted by Crippen LogP contribution is 2.28. The lowest BCUT2D eigenvalue weighted by molar-refractivity contribution is -0.137. The number of esters is 1. The van der Waals surface area contributed by atoms with E-state index in [9.17, 15) is 22.8 Å². The number of rotatable bonds is 8. The van der Waals surface area contributed by atoms with E-state index in [4.69, 9.17) is 21.4 Å². The van der Waals surface area contributed by atoms with E-state index < -0.39 is 34.0 Å². The summed E-state index contributed by atoms with van der Waals surface area (Å²) in [6.07, 6.45) is 1.19. The summed E-state index contributed by atoms with van der Waals surface area (Å²) in [7, 11) is -4.10. The molecule has 2 N–H and O–H groups in total. The summed E-state index contributed by atoms with van der Waals surface area (Å²) in [6, 6.07) is 7.41. The number of carbonyl (C=O) groups excluding carboxylic acids is 2. The average Bonchev–Trinajstić information content (AvgIpc) is 2.83. The van der Waals surface area contributed by atoms with Gasteiger partial charge in [-0.15, -0.1) is 0 Å². The molecule has 2 heterocycles. The number of nitrogens with one attached hydrogen (secondary N) is 1. The van der Waals surface area contributed by atoms with Crippen molar-refractivity contribution in [3.8, 4) is 0 Å². The molecule has 1 aromatic carbocycles. The number of pyridine rings is 1. The molecule has 1 atom stereocenters. The Morgan fingerprint density at radius 1 is 1.23 bits per heavy atom. The number of halogens is 1. The molecule has 0 spiro atoms. The Morgan fingerprint density at radius 2 is 1.94 bits per heavy atom. The number of benzene rings is 1. The van der Waals surface area contributed by atoms with E-state index in [2.05, 4.69) is 9.71 Å². The summed E-state index contributed by atoms with van der Waals surface area (Å²) in [4.78, 5) is 43.3. The van der Waals surface area contributed by atoms with Crippen LogP contribution in [0.1, 0.15) is 30.1 Å². The predicted octanol–water partition coefficient (Wildman–Crippen LogP) is 2.37. The van der Waals surface area contributed by atoms with Gasteiger partial charge in [-0.1, -0.05) is 29.8 Å². The van der Waals surface area contributed by atoms with Crippen molar-refractivity contribution < 1.29 is 32.6 Å². The second kappa shape index (κ2) is 11.4. The van der Waals surface area contributed by atoms with E-state index in [0.29, 0.717) is 5.82 Å². The smallest absolute Gasteiger partial charge is 0.339 e. The SMILES string of the molecule is CCOC(=O)c1cnc(N2CCN(C(=O)NS(=O)(=O)c3ccccc3)C(CCC(=O)O)C2)c(Cl)c1. The van der Waals surface area contributed by atoms with Gasteiger partial charge in [0.05, 0.1) is 28.1 Å². The normalized spacial score (nSPS) is 16.0. The first-order valence-corrected chi connectivity index (χ1v) is 12.7. The van der Waals surface area contributed by atoms with Crippen LogP contribution < -0.4 is 9.62 Å². The zero-order valence-electron chi connectivity index (χ0n) is 18.9. The van der Waals surface area contributed by atoms with Crippen LogP contribution in [0.15, 0.2) is 47.5 Å². The van der Waals surface area contributed by atoms with Gasteiger partial charge in [0.25, 0.3) is 10.0 Å². The zero-order valence-corrected chi connectivity index (χ0v) is 20.5. The molecule has 1 fully saturated rings. The first-order valence-electron chi connectivity index (χ1n) is 10.8. The molecule has 1 aromatic heterocycles. The summed E-state index contributed by atoms with van der Waals surface area (Å²) in [5, 5.41) is 9.34. The molecule has 1 saturated heterocycles. The molecule has 13 heteroatoms. The fraction of sp³-hybridized carbons (Fsp3) is 0.364. The molecule has 188 valence electrons. The predicted molar refractivity (Wildman–Crippen MR) is 127 cm³/mol. The van der Waals surface area contributed by atoms with Crippen molar-refractivity contribution in [1.29, 1.82) is 0 Å². The highest BCUT2D eigenvalue weighted by atomic mass is 35.5. The van der Waals surface area contributed by atoms with Crippen LogP contribution in [0.2, 0.25) is 5.02 Å². The third kappa shape index (κ3) is 6.61. The Kier molecular flexibility index (Phi) is 8.52. The molecular weight excluding hydrogens is 500 g/mol. The Balaban J connectivity index is 1.78. The number of sulfonamides is 1. The van der Waals surface area contributed by atoms with Crippen molar-refractivity contribution in [3.05, 3.63) is 53.2 Å². The Hall–Kier alpha value is -3.38. The summed E-state index contributed by atoms with van der Waals surface area (Å²) >= 11 is 6.36. The largest absolute Gasteiger partial charge is 0.481 e. The number of nitrogens with zero attached hydrogens (tertiary/aromatic N) is 3. The summed E-state index contributed by atoms with van der Waals surface area (Å²) in [6.45, 7) is 2.40. The fourth-order valence-corrected chi connectivity index (χ4v) is 4.94. The highest BCUT2D eigenvalue weighted by molar-refractivity contribution is 7.90. The van der Waals surface area contributed by atoms with E-state index in [1.807, 2.05) is 0 Å². The number of carboxylic acid groups (broad SMARTS) is 1. The summed E-state index contributed by atoms with van der Waals surface area (Å²) in [5.41, 5.74) is 0.187. The molecule has 0 saturated carbocycles. The lowest BCUT2D eigenvalue weighted by Crippen LogP contribution is -2.58. The maximum atomic E-state index is 12.9. The Labute approximate surface area is 207 Å². The first-order chi connectivity index (χ1) is 16.6. The van der Waals surface area contributed by atoms with Crippen molar-refractivity contribution in [1.82, 2.24) is 14.6 Å². The maximum Gasteiger partial charge on any atom is 0.339 e. The third-order valence-corrected chi connectivity index (χ3v) is 6.96. The minimum absolute atomic E-state index is 0.0632. The van der Waals surface area contributed by atoms with Gasteiger partial charge in [0.15, 0.2) is 0 Å². The van der Waals surface area contributed by atoms with Gasteiger partial charge in [-0.05, 0) is 31.5 Å². The van der Waals surface area contributed by atoms with E-state index in [0.717, 1.165) is 0 Å². The van der Waals surface area contributed by atoms with E-state index >= 15 is 0 Å². The average molecular weight is 525 g/mol. The van der Waals surface area contributed by atoms with Crippen molar-refractivity contribution >= 4 is 45.4 Å². The number of hydrogen-bond acceptors (Lipinski definition) is 8. The quantitative estimate of drug-likeness (QED) is 0.497. The number of aromatic nitrogens is 1. The van der Waals surface area contributed by atoms with Gasteiger partial charge < -0.3 is 19.6 Å². The molecular formula is C22H25ClN4O7S. The van der Waals surface area contributed by atoms with Gasteiger partial charge >= 0.3 is 18.0 Å². The van der Waals surface area contributed by atoms with Gasteiger partial charge in [-0.25, -0.2) is 27.7 Å². The number of carboxylic acids is 1. The van der Waals surface area contributed by atoms with E-state index in [1.54, 1.807) is 17.9 Å². The number of carbonyl (C=O) groups is 3. The monoisotopic (exact) mass is 524 g/mol. The van der Waals surface area contributed by atoms with Crippen molar-refractivity contribution in [3.63, 3.8) is 0 Å². The van der Waals surface area contributed by atoms with Crippen LogP contribution in [0.25, 0.3) is 0 Å². The molecule has 3 rings (SSSR count). The molecule has 1 aliphatic heterocycles. The van der Waals surface area contributed by atoms with E-state index in [-0.39, 0.29) is 54.6 Å². The van der Waals surface area contributed by atoms with Crippen LogP contribution in [0, 0.1) is 0 Å². The number of ether oxygens (including phenoxy) is 1. The van der Waals surface area contributed by atoms with Crippen molar-refractivity contribution in [2.45, 2.75) is 30.7 Å². The van der Waals surface area contributed by atoms with Crippen LogP contribution in [0.4, 0.5) is 10.6 Å². The van der Waals surface area contributed by atoms with Crippen LogP contribution in [-0.2, 0) is 19.6 Å². The van der Waals surface area contributed by atoms with Crippen LogP contribution in [0.3, 0.4) is 0 Å². The molecule has 11 nitrogen and oxygen atoms in total. The second-order valence-corrected chi connectivity index (χ2v) is 9.79. The highest BCUT2D eigenvalue weighted by Gasteiger charge is 2.34. The lowest BCUT2D eigenvalue weighted by atomic mass is 10.1. The van der Waals surface area contributed by atoms with Gasteiger partial charge in [0.1, 0.15) is 5.82 Å².